The molecule has 0 saturated carbocycles. The van der Waals surface area contributed by atoms with Gasteiger partial charge in [-0.05, 0) is 80.0 Å². The first kappa shape index (κ1) is 20.5. The fourth-order valence-corrected chi connectivity index (χ4v) is 4.72. The van der Waals surface area contributed by atoms with Gasteiger partial charge in [0.15, 0.2) is 5.11 Å². The highest BCUT2D eigenvalue weighted by Crippen LogP contribution is 2.41. The molecular formula is C24H27FN4S. The zero-order valence-corrected chi connectivity index (χ0v) is 18.6. The first-order valence-electron chi connectivity index (χ1n) is 10.3. The third-order valence-electron chi connectivity index (χ3n) is 5.63. The van der Waals surface area contributed by atoms with Gasteiger partial charge in [-0.25, -0.2) is 4.39 Å². The molecule has 1 saturated heterocycles. The summed E-state index contributed by atoms with van der Waals surface area (Å²) in [4.78, 5) is 6.90. The first-order valence-corrected chi connectivity index (χ1v) is 10.7. The summed E-state index contributed by atoms with van der Waals surface area (Å²) in [6, 6.07) is 14.9. The number of hydrogen-bond acceptors (Lipinski definition) is 2. The van der Waals surface area contributed by atoms with E-state index in [1.54, 1.807) is 0 Å². The van der Waals surface area contributed by atoms with Crippen molar-refractivity contribution >= 4 is 17.3 Å². The highest BCUT2D eigenvalue weighted by molar-refractivity contribution is 7.80. The van der Waals surface area contributed by atoms with E-state index in [0.29, 0.717) is 5.92 Å². The molecule has 3 aromatic rings. The second kappa shape index (κ2) is 8.19. The van der Waals surface area contributed by atoms with Crippen LogP contribution in [0.3, 0.4) is 0 Å². The molecule has 2 aromatic heterocycles. The van der Waals surface area contributed by atoms with Crippen LogP contribution in [-0.4, -0.2) is 26.1 Å². The number of hydrogen-bond donors (Lipinski definition) is 1. The molecule has 3 heterocycles. The maximum absolute atomic E-state index is 13.5. The van der Waals surface area contributed by atoms with Crippen LogP contribution in [0, 0.1) is 25.6 Å². The number of thiocarbonyl (C=S) groups is 1. The fourth-order valence-electron chi connectivity index (χ4n) is 4.41. The molecule has 0 bridgehead atoms. The van der Waals surface area contributed by atoms with E-state index in [1.807, 2.05) is 36.5 Å². The number of nitrogens with one attached hydrogen (secondary N) is 1. The monoisotopic (exact) mass is 422 g/mol. The van der Waals surface area contributed by atoms with Crippen LogP contribution >= 0.6 is 12.2 Å². The molecule has 0 unspecified atom stereocenters. The average Bonchev–Trinajstić information content (AvgIpc) is 3.19. The zero-order chi connectivity index (χ0) is 21.4. The quantitative estimate of drug-likeness (QED) is 0.569. The number of rotatable bonds is 5. The molecule has 0 amide bonds. The van der Waals surface area contributed by atoms with Crippen molar-refractivity contribution in [3.8, 4) is 5.69 Å². The zero-order valence-electron chi connectivity index (χ0n) is 17.8. The van der Waals surface area contributed by atoms with Gasteiger partial charge >= 0.3 is 0 Å². The van der Waals surface area contributed by atoms with Gasteiger partial charge < -0.3 is 14.8 Å². The van der Waals surface area contributed by atoms with Crippen molar-refractivity contribution in [3.63, 3.8) is 0 Å². The SMILES string of the molecule is Cc1cc([C@@H]2[C@@H](c3ccccn3)NC(=S)N2CC(C)C)c(C)n1-c1ccc(F)cc1. The van der Waals surface area contributed by atoms with E-state index in [-0.39, 0.29) is 17.9 Å². The Morgan fingerprint density at radius 2 is 1.87 bits per heavy atom. The highest BCUT2D eigenvalue weighted by Gasteiger charge is 2.41. The van der Waals surface area contributed by atoms with Crippen molar-refractivity contribution in [3.05, 3.63) is 83.2 Å². The number of aromatic nitrogens is 2. The smallest absolute Gasteiger partial charge is 0.170 e. The van der Waals surface area contributed by atoms with Gasteiger partial charge in [-0.15, -0.1) is 0 Å². The van der Waals surface area contributed by atoms with Crippen LogP contribution in [0.25, 0.3) is 5.69 Å². The number of nitrogens with zero attached hydrogens (tertiary/aromatic N) is 3. The highest BCUT2D eigenvalue weighted by atomic mass is 32.1. The van der Waals surface area contributed by atoms with Crippen LogP contribution in [0.2, 0.25) is 0 Å². The summed E-state index contributed by atoms with van der Waals surface area (Å²) in [6.07, 6.45) is 1.82. The minimum absolute atomic E-state index is 0.0281. The molecule has 156 valence electrons. The first-order chi connectivity index (χ1) is 14.4. The molecular weight excluding hydrogens is 395 g/mol. The van der Waals surface area contributed by atoms with E-state index in [2.05, 4.69) is 53.5 Å². The average molecular weight is 423 g/mol. The molecule has 1 aromatic carbocycles. The molecule has 1 aliphatic heterocycles. The molecule has 30 heavy (non-hydrogen) atoms. The molecule has 1 aliphatic rings. The molecule has 2 atom stereocenters. The van der Waals surface area contributed by atoms with Crippen molar-refractivity contribution < 1.29 is 4.39 Å². The summed E-state index contributed by atoms with van der Waals surface area (Å²) in [7, 11) is 0. The van der Waals surface area contributed by atoms with E-state index in [1.165, 1.54) is 17.7 Å². The normalized spacial score (nSPS) is 18.9. The Hall–Kier alpha value is -2.73. The van der Waals surface area contributed by atoms with E-state index in [0.717, 1.165) is 34.4 Å². The minimum atomic E-state index is -0.231. The summed E-state index contributed by atoms with van der Waals surface area (Å²) in [5.74, 6) is 0.237. The van der Waals surface area contributed by atoms with Gasteiger partial charge in [0, 0.05) is 29.8 Å². The molecule has 4 rings (SSSR count). The van der Waals surface area contributed by atoms with Gasteiger partial charge in [0.1, 0.15) is 5.82 Å². The predicted molar refractivity (Wildman–Crippen MR) is 122 cm³/mol. The molecule has 0 aliphatic carbocycles. The predicted octanol–water partition coefficient (Wildman–Crippen LogP) is 5.26. The number of aryl methyl sites for hydroxylation is 1. The van der Waals surface area contributed by atoms with E-state index >= 15 is 0 Å². The molecule has 1 N–H and O–H groups in total. The number of benzene rings is 1. The number of halogens is 1. The summed E-state index contributed by atoms with van der Waals surface area (Å²) in [6.45, 7) is 9.48. The Balaban J connectivity index is 1.83. The molecule has 4 nitrogen and oxygen atoms in total. The Kier molecular flexibility index (Phi) is 5.60. The van der Waals surface area contributed by atoms with Gasteiger partial charge in [-0.3, -0.25) is 4.98 Å². The Morgan fingerprint density at radius 3 is 2.50 bits per heavy atom. The standard InChI is InChI=1S/C24H27FN4S/c1-15(2)14-28-23(22(27-24(28)30)21-7-5-6-12-26-21)20-13-16(3)29(17(20)4)19-10-8-18(25)9-11-19/h5-13,15,22-23H,14H2,1-4H3,(H,27,30)/t22-,23-/m1/s1. The van der Waals surface area contributed by atoms with E-state index in [9.17, 15) is 4.39 Å². The van der Waals surface area contributed by atoms with Crippen molar-refractivity contribution in [2.24, 2.45) is 5.92 Å². The van der Waals surface area contributed by atoms with Crippen LogP contribution in [0.15, 0.2) is 54.7 Å². The van der Waals surface area contributed by atoms with Gasteiger partial charge in [0.25, 0.3) is 0 Å². The van der Waals surface area contributed by atoms with Gasteiger partial charge in [0.2, 0.25) is 0 Å². The van der Waals surface area contributed by atoms with Crippen molar-refractivity contribution in [1.29, 1.82) is 0 Å². The largest absolute Gasteiger partial charge is 0.352 e. The van der Waals surface area contributed by atoms with Crippen LogP contribution in [0.4, 0.5) is 4.39 Å². The fraction of sp³-hybridized carbons (Fsp3) is 0.333. The second-order valence-corrected chi connectivity index (χ2v) is 8.70. The lowest BCUT2D eigenvalue weighted by Crippen LogP contribution is -2.33. The van der Waals surface area contributed by atoms with Crippen LogP contribution in [0.5, 0.6) is 0 Å². The summed E-state index contributed by atoms with van der Waals surface area (Å²) < 4.78 is 15.6. The lowest BCUT2D eigenvalue weighted by molar-refractivity contribution is 0.287. The maximum atomic E-state index is 13.5. The Labute approximate surface area is 182 Å². The second-order valence-electron chi connectivity index (χ2n) is 8.31. The topological polar surface area (TPSA) is 33.1 Å². The Bertz CT molecular complexity index is 1040. The maximum Gasteiger partial charge on any atom is 0.170 e. The molecule has 1 fully saturated rings. The van der Waals surface area contributed by atoms with Gasteiger partial charge in [0.05, 0.1) is 17.8 Å². The van der Waals surface area contributed by atoms with Crippen molar-refractivity contribution in [2.45, 2.75) is 39.8 Å². The summed E-state index contributed by atoms with van der Waals surface area (Å²) in [5, 5.41) is 4.27. The van der Waals surface area contributed by atoms with Gasteiger partial charge in [-0.1, -0.05) is 19.9 Å². The molecule has 0 spiro atoms. The Morgan fingerprint density at radius 1 is 1.13 bits per heavy atom. The molecule has 0 radical (unpaired) electrons. The summed E-state index contributed by atoms with van der Waals surface area (Å²) in [5.41, 5.74) is 5.38. The lowest BCUT2D eigenvalue weighted by atomic mass is 9.96. The molecule has 6 heteroatoms. The minimum Gasteiger partial charge on any atom is -0.352 e. The van der Waals surface area contributed by atoms with Crippen molar-refractivity contribution in [1.82, 2.24) is 19.8 Å². The van der Waals surface area contributed by atoms with Gasteiger partial charge in [-0.2, -0.15) is 0 Å². The van der Waals surface area contributed by atoms with E-state index < -0.39 is 0 Å². The van der Waals surface area contributed by atoms with Crippen LogP contribution in [0.1, 0.15) is 48.6 Å². The van der Waals surface area contributed by atoms with Crippen molar-refractivity contribution in [2.75, 3.05) is 6.54 Å². The van der Waals surface area contributed by atoms with E-state index in [4.69, 9.17) is 12.2 Å². The third kappa shape index (κ3) is 3.72. The number of pyridine rings is 1. The third-order valence-corrected chi connectivity index (χ3v) is 5.99. The van der Waals surface area contributed by atoms with Crippen LogP contribution in [-0.2, 0) is 0 Å². The lowest BCUT2D eigenvalue weighted by Gasteiger charge is -2.29. The summed E-state index contributed by atoms with van der Waals surface area (Å²) >= 11 is 5.74. The van der Waals surface area contributed by atoms with Crippen LogP contribution < -0.4 is 5.32 Å².